The van der Waals surface area contributed by atoms with Crippen LogP contribution in [0.2, 0.25) is 0 Å². The Kier molecular flexibility index (Phi) is 6.54. The minimum Gasteiger partial charge on any atom is -0.768 e. The average molecular weight is 244 g/mol. The van der Waals surface area contributed by atoms with Crippen molar-refractivity contribution in [2.24, 2.45) is 0 Å². The number of hydrogen-bond donors (Lipinski definition) is 0. The monoisotopic (exact) mass is 244 g/mol. The van der Waals surface area contributed by atoms with E-state index < -0.39 is 17.7 Å². The molecule has 0 aromatic heterocycles. The maximum atomic E-state index is 11.8. The van der Waals surface area contributed by atoms with Crippen molar-refractivity contribution in [3.05, 3.63) is 23.8 Å². The molecule has 1 aromatic rings. The van der Waals surface area contributed by atoms with Crippen LogP contribution in [0.25, 0.3) is 0 Å². The van der Waals surface area contributed by atoms with Gasteiger partial charge >= 0.3 is 36.2 Å². The van der Waals surface area contributed by atoms with Gasteiger partial charge in [0.15, 0.2) is 0 Å². The third kappa shape index (κ3) is 4.56. The summed E-state index contributed by atoms with van der Waals surface area (Å²) >= 11 is -2.35. The predicted octanol–water partition coefficient (Wildman–Crippen LogP) is -1.16. The van der Waals surface area contributed by atoms with Gasteiger partial charge in [-0.2, -0.15) is 8.78 Å². The molecule has 1 aromatic carbocycles. The van der Waals surface area contributed by atoms with Gasteiger partial charge in [-0.05, 0) is 41.8 Å². The van der Waals surface area contributed by atoms with Crippen LogP contribution in [0, 0.1) is 6.92 Å². The molecule has 15 heavy (non-hydrogen) atoms. The van der Waals surface area contributed by atoms with Crippen LogP contribution in [0.4, 0.5) is 8.78 Å². The van der Waals surface area contributed by atoms with Gasteiger partial charge in [-0.3, -0.25) is 4.21 Å². The molecule has 0 heterocycles. The largest absolute Gasteiger partial charge is 1.00 e. The Morgan fingerprint density at radius 2 is 2.07 bits per heavy atom. The van der Waals surface area contributed by atoms with E-state index in [0.29, 0.717) is 5.56 Å². The van der Waals surface area contributed by atoms with Gasteiger partial charge in [0.2, 0.25) is 0 Å². The molecule has 78 valence electrons. The van der Waals surface area contributed by atoms with Crippen molar-refractivity contribution in [1.29, 1.82) is 0 Å². The van der Waals surface area contributed by atoms with Crippen LogP contribution in [0.1, 0.15) is 5.56 Å². The first-order valence-electron chi connectivity index (χ1n) is 3.65. The standard InChI is InChI=1S/C8H8F2O3S.Na/c1-5-4-6(13-8(9)10)2-3-7(5)14(11)12;/h2-4,8H,1H3,(H,11,12);/q;+1/p-1. The van der Waals surface area contributed by atoms with Gasteiger partial charge in [0.05, 0.1) is 0 Å². The van der Waals surface area contributed by atoms with Crippen LogP contribution in [-0.2, 0) is 11.1 Å². The number of rotatable bonds is 3. The molecule has 0 spiro atoms. The smallest absolute Gasteiger partial charge is 0.768 e. The number of alkyl halides is 2. The van der Waals surface area contributed by atoms with Crippen LogP contribution >= 0.6 is 0 Å². The van der Waals surface area contributed by atoms with Crippen molar-refractivity contribution >= 4 is 11.1 Å². The first-order valence-corrected chi connectivity index (χ1v) is 4.73. The fourth-order valence-corrected chi connectivity index (χ4v) is 1.49. The second kappa shape index (κ2) is 6.55. The van der Waals surface area contributed by atoms with E-state index in [1.165, 1.54) is 25.1 Å². The summed E-state index contributed by atoms with van der Waals surface area (Å²) < 4.78 is 48.8. The molecule has 0 amide bonds. The second-order valence-corrected chi connectivity index (χ2v) is 3.45. The number of benzene rings is 1. The fourth-order valence-electron chi connectivity index (χ4n) is 0.985. The number of ether oxygens (including phenoxy) is 1. The molecule has 0 saturated carbocycles. The van der Waals surface area contributed by atoms with Crippen LogP contribution < -0.4 is 34.3 Å². The predicted molar refractivity (Wildman–Crippen MR) is 45.0 cm³/mol. The summed E-state index contributed by atoms with van der Waals surface area (Å²) in [7, 11) is 0. The molecule has 0 aliphatic rings. The quantitative estimate of drug-likeness (QED) is 0.498. The molecule has 0 aliphatic heterocycles. The molecule has 7 heteroatoms. The third-order valence-corrected chi connectivity index (χ3v) is 2.37. The Balaban J connectivity index is 0.00000196. The van der Waals surface area contributed by atoms with Gasteiger partial charge < -0.3 is 9.29 Å². The Morgan fingerprint density at radius 1 is 1.47 bits per heavy atom. The van der Waals surface area contributed by atoms with E-state index in [4.69, 9.17) is 0 Å². The van der Waals surface area contributed by atoms with E-state index in [9.17, 15) is 17.5 Å². The molecule has 0 N–H and O–H groups in total. The minimum atomic E-state index is -2.90. The molecule has 0 aliphatic carbocycles. The van der Waals surface area contributed by atoms with Gasteiger partial charge in [-0.25, -0.2) is 0 Å². The van der Waals surface area contributed by atoms with Crippen LogP contribution in [0.3, 0.4) is 0 Å². The van der Waals surface area contributed by atoms with Crippen molar-refractivity contribution in [2.75, 3.05) is 0 Å². The average Bonchev–Trinajstić information content (AvgIpc) is 2.01. The second-order valence-electron chi connectivity index (χ2n) is 2.54. The van der Waals surface area contributed by atoms with Crippen LogP contribution in [-0.4, -0.2) is 15.4 Å². The SMILES string of the molecule is Cc1cc(OC(F)F)ccc1S(=O)[O-].[Na+]. The summed E-state index contributed by atoms with van der Waals surface area (Å²) in [6.45, 7) is -1.40. The number of hydrogen-bond acceptors (Lipinski definition) is 3. The molecule has 0 saturated heterocycles. The molecule has 0 radical (unpaired) electrons. The summed E-state index contributed by atoms with van der Waals surface area (Å²) in [5.41, 5.74) is 0.372. The van der Waals surface area contributed by atoms with Crippen LogP contribution in [0.5, 0.6) is 5.75 Å². The van der Waals surface area contributed by atoms with Crippen molar-refractivity contribution in [1.82, 2.24) is 0 Å². The summed E-state index contributed by atoms with van der Waals surface area (Å²) in [4.78, 5) is 0.0756. The Labute approximate surface area is 110 Å². The van der Waals surface area contributed by atoms with Gasteiger partial charge in [0, 0.05) is 4.90 Å². The fraction of sp³-hybridized carbons (Fsp3) is 0.250. The number of aryl methyl sites for hydroxylation is 1. The summed E-state index contributed by atoms with van der Waals surface area (Å²) in [6.07, 6.45) is 0. The summed E-state index contributed by atoms with van der Waals surface area (Å²) in [5, 5.41) is 0. The van der Waals surface area contributed by atoms with E-state index in [0.717, 1.165) is 0 Å². The van der Waals surface area contributed by atoms with Crippen molar-refractivity contribution in [2.45, 2.75) is 18.4 Å². The first kappa shape index (κ1) is 15.0. The topological polar surface area (TPSA) is 49.4 Å². The van der Waals surface area contributed by atoms with Gasteiger partial charge in [-0.1, -0.05) is 0 Å². The van der Waals surface area contributed by atoms with Crippen molar-refractivity contribution in [3.8, 4) is 5.75 Å². The molecule has 3 nitrogen and oxygen atoms in total. The molecule has 0 fully saturated rings. The van der Waals surface area contributed by atoms with Gasteiger partial charge in [0.1, 0.15) is 5.75 Å². The van der Waals surface area contributed by atoms with E-state index in [2.05, 4.69) is 4.74 Å². The Hall–Kier alpha value is -0.0100. The zero-order valence-electron chi connectivity index (χ0n) is 8.20. The van der Waals surface area contributed by atoms with Crippen molar-refractivity contribution in [3.63, 3.8) is 0 Å². The van der Waals surface area contributed by atoms with Crippen LogP contribution in [0.15, 0.2) is 23.1 Å². The van der Waals surface area contributed by atoms with Gasteiger partial charge in [0.25, 0.3) is 0 Å². The minimum absolute atomic E-state index is 0. The normalized spacial score (nSPS) is 12.1. The van der Waals surface area contributed by atoms with E-state index in [1.807, 2.05) is 0 Å². The molecular formula is C8H7F2NaO3S. The molecular weight excluding hydrogens is 237 g/mol. The van der Waals surface area contributed by atoms with Crippen molar-refractivity contribution < 1.29 is 51.8 Å². The molecule has 1 atom stereocenters. The summed E-state index contributed by atoms with van der Waals surface area (Å²) in [6, 6.07) is 3.65. The third-order valence-electron chi connectivity index (χ3n) is 1.55. The summed E-state index contributed by atoms with van der Waals surface area (Å²) in [5.74, 6) is -0.0494. The van der Waals surface area contributed by atoms with E-state index >= 15 is 0 Å². The number of halogens is 2. The zero-order chi connectivity index (χ0) is 10.7. The van der Waals surface area contributed by atoms with E-state index in [-0.39, 0.29) is 40.2 Å². The Morgan fingerprint density at radius 3 is 2.47 bits per heavy atom. The maximum Gasteiger partial charge on any atom is 1.00 e. The molecule has 1 rings (SSSR count). The first-order chi connectivity index (χ1) is 6.50. The maximum absolute atomic E-state index is 11.8. The Bertz CT molecular complexity index is 360. The molecule has 1 unspecified atom stereocenters. The molecule has 0 bridgehead atoms. The zero-order valence-corrected chi connectivity index (χ0v) is 11.0. The van der Waals surface area contributed by atoms with Gasteiger partial charge in [-0.15, -0.1) is 0 Å². The van der Waals surface area contributed by atoms with E-state index in [1.54, 1.807) is 0 Å².